The molecule has 2 aromatic carbocycles. The first kappa shape index (κ1) is 17.5. The van der Waals surface area contributed by atoms with Crippen molar-refractivity contribution in [1.82, 2.24) is 0 Å². The molecule has 1 heterocycles. The molecular formula is C19H21NO4S. The van der Waals surface area contributed by atoms with Crippen molar-refractivity contribution in [3.63, 3.8) is 0 Å². The van der Waals surface area contributed by atoms with Gasteiger partial charge in [-0.15, -0.1) is 0 Å². The van der Waals surface area contributed by atoms with Crippen LogP contribution in [0.3, 0.4) is 0 Å². The molecule has 2 aromatic rings. The summed E-state index contributed by atoms with van der Waals surface area (Å²) in [7, 11) is -3.69. The molecule has 1 aliphatic rings. The average molecular weight is 359 g/mol. The Hall–Kier alpha value is -2.34. The number of carbonyl (C=O) groups is 1. The summed E-state index contributed by atoms with van der Waals surface area (Å²) in [5, 5.41) is 0. The van der Waals surface area contributed by atoms with E-state index < -0.39 is 15.6 Å². The van der Waals surface area contributed by atoms with Gasteiger partial charge < -0.3 is 9.64 Å². The summed E-state index contributed by atoms with van der Waals surface area (Å²) in [6.45, 7) is 2.92. The number of carbonyl (C=O) groups excluding carboxylic acids is 1. The minimum atomic E-state index is -3.69. The average Bonchev–Trinajstić information content (AvgIpc) is 2.61. The zero-order valence-electron chi connectivity index (χ0n) is 14.1. The minimum Gasteiger partial charge on any atom is -0.494 e. The number of hydrogen-bond acceptors (Lipinski definition) is 4. The van der Waals surface area contributed by atoms with Gasteiger partial charge in [-0.1, -0.05) is 18.2 Å². The van der Waals surface area contributed by atoms with E-state index in [1.165, 1.54) is 12.1 Å². The predicted octanol–water partition coefficient (Wildman–Crippen LogP) is 2.84. The number of hydrogen-bond donors (Lipinski definition) is 0. The molecule has 0 aliphatic carbocycles. The molecule has 25 heavy (non-hydrogen) atoms. The molecule has 0 spiro atoms. The van der Waals surface area contributed by atoms with Crippen molar-refractivity contribution < 1.29 is 17.9 Å². The summed E-state index contributed by atoms with van der Waals surface area (Å²) in [5.74, 6) is -0.311. The monoisotopic (exact) mass is 359 g/mol. The second-order valence-corrected chi connectivity index (χ2v) is 7.93. The fraction of sp³-hybridized carbons (Fsp3) is 0.316. The van der Waals surface area contributed by atoms with Gasteiger partial charge in [-0.05, 0) is 55.7 Å². The van der Waals surface area contributed by atoms with Crippen molar-refractivity contribution in [1.29, 1.82) is 0 Å². The van der Waals surface area contributed by atoms with Crippen LogP contribution in [0.2, 0.25) is 0 Å². The lowest BCUT2D eigenvalue weighted by Crippen LogP contribution is -2.39. The van der Waals surface area contributed by atoms with Gasteiger partial charge in [-0.25, -0.2) is 8.42 Å². The van der Waals surface area contributed by atoms with Crippen LogP contribution in [0.15, 0.2) is 53.4 Å². The Morgan fingerprint density at radius 1 is 1.12 bits per heavy atom. The summed E-state index contributed by atoms with van der Waals surface area (Å²) in [6, 6.07) is 13.8. The smallest absolute Gasteiger partial charge is 0.242 e. The first-order chi connectivity index (χ1) is 12.0. The third-order valence-corrected chi connectivity index (χ3v) is 5.84. The van der Waals surface area contributed by atoms with E-state index in [9.17, 15) is 13.2 Å². The van der Waals surface area contributed by atoms with Gasteiger partial charge in [0.1, 0.15) is 11.5 Å². The number of aryl methyl sites for hydroxylation is 1. The lowest BCUT2D eigenvalue weighted by molar-refractivity contribution is -0.116. The molecule has 6 heteroatoms. The highest BCUT2D eigenvalue weighted by Crippen LogP contribution is 2.27. The van der Waals surface area contributed by atoms with Gasteiger partial charge >= 0.3 is 0 Å². The number of amides is 1. The molecule has 0 unspecified atom stereocenters. The maximum atomic E-state index is 12.6. The van der Waals surface area contributed by atoms with Crippen molar-refractivity contribution in [2.45, 2.75) is 24.7 Å². The first-order valence-corrected chi connectivity index (χ1v) is 10.0. The molecule has 3 rings (SSSR count). The van der Waals surface area contributed by atoms with Crippen LogP contribution in [0, 0.1) is 0 Å². The van der Waals surface area contributed by atoms with Gasteiger partial charge in [0.25, 0.3) is 0 Å². The van der Waals surface area contributed by atoms with Crippen LogP contribution in [-0.2, 0) is 21.1 Å². The Morgan fingerprint density at radius 3 is 2.56 bits per heavy atom. The molecule has 0 radical (unpaired) electrons. The molecule has 132 valence electrons. The highest BCUT2D eigenvalue weighted by Gasteiger charge is 2.27. The van der Waals surface area contributed by atoms with E-state index in [-0.39, 0.29) is 10.8 Å². The van der Waals surface area contributed by atoms with Crippen molar-refractivity contribution in [2.24, 2.45) is 0 Å². The normalized spacial score (nSPS) is 14.0. The Kier molecular flexibility index (Phi) is 5.08. The third kappa shape index (κ3) is 3.85. The number of rotatable bonds is 5. The van der Waals surface area contributed by atoms with Crippen LogP contribution in [0.4, 0.5) is 5.69 Å². The second kappa shape index (κ2) is 7.27. The maximum Gasteiger partial charge on any atom is 0.242 e. The Bertz CT molecular complexity index is 859. The van der Waals surface area contributed by atoms with E-state index >= 15 is 0 Å². The van der Waals surface area contributed by atoms with Gasteiger partial charge in [-0.2, -0.15) is 0 Å². The van der Waals surface area contributed by atoms with E-state index in [2.05, 4.69) is 0 Å². The van der Waals surface area contributed by atoms with Crippen LogP contribution in [0.5, 0.6) is 5.75 Å². The summed E-state index contributed by atoms with van der Waals surface area (Å²) >= 11 is 0. The van der Waals surface area contributed by atoms with Crippen molar-refractivity contribution in [3.8, 4) is 5.75 Å². The summed E-state index contributed by atoms with van der Waals surface area (Å²) in [6.07, 6.45) is 1.75. The van der Waals surface area contributed by atoms with Crippen LogP contribution in [0.1, 0.15) is 18.9 Å². The molecule has 0 bridgehead atoms. The van der Waals surface area contributed by atoms with E-state index in [0.717, 1.165) is 24.1 Å². The van der Waals surface area contributed by atoms with Crippen LogP contribution < -0.4 is 9.64 Å². The molecular weight excluding hydrogens is 338 g/mol. The molecule has 5 nitrogen and oxygen atoms in total. The van der Waals surface area contributed by atoms with Crippen LogP contribution in [-0.4, -0.2) is 33.2 Å². The van der Waals surface area contributed by atoms with Crippen molar-refractivity contribution in [3.05, 3.63) is 54.1 Å². The predicted molar refractivity (Wildman–Crippen MR) is 96.8 cm³/mol. The van der Waals surface area contributed by atoms with Gasteiger partial charge in [0.15, 0.2) is 9.84 Å². The van der Waals surface area contributed by atoms with Crippen molar-refractivity contribution >= 4 is 21.4 Å². The van der Waals surface area contributed by atoms with Gasteiger partial charge in [0.05, 0.1) is 11.5 Å². The standard InChI is InChI=1S/C19H21NO4S/c1-2-24-16-9-11-17(12-10-16)25(22,23)14-19(21)20-13-5-7-15-6-3-4-8-18(15)20/h3-4,6,8-12H,2,5,7,13-14H2,1H3. The third-order valence-electron chi connectivity index (χ3n) is 4.22. The number of ether oxygens (including phenoxy) is 1. The van der Waals surface area contributed by atoms with E-state index in [1.54, 1.807) is 17.0 Å². The molecule has 0 atom stereocenters. The zero-order valence-corrected chi connectivity index (χ0v) is 15.0. The highest BCUT2D eigenvalue weighted by molar-refractivity contribution is 7.92. The number of benzene rings is 2. The molecule has 0 aromatic heterocycles. The lowest BCUT2D eigenvalue weighted by Gasteiger charge is -2.29. The molecule has 0 N–H and O–H groups in total. The fourth-order valence-electron chi connectivity index (χ4n) is 3.03. The number of nitrogens with zero attached hydrogens (tertiary/aromatic N) is 1. The van der Waals surface area contributed by atoms with E-state index in [4.69, 9.17) is 4.74 Å². The SMILES string of the molecule is CCOc1ccc(S(=O)(=O)CC(=O)N2CCCc3ccccc32)cc1. The van der Waals surface area contributed by atoms with E-state index in [1.807, 2.05) is 31.2 Å². The molecule has 0 fully saturated rings. The fourth-order valence-corrected chi connectivity index (χ4v) is 4.22. The van der Waals surface area contributed by atoms with Gasteiger partial charge in [0, 0.05) is 12.2 Å². The second-order valence-electron chi connectivity index (χ2n) is 5.94. The quantitative estimate of drug-likeness (QED) is 0.823. The number of para-hydroxylation sites is 1. The molecule has 0 saturated carbocycles. The van der Waals surface area contributed by atoms with Gasteiger partial charge in [-0.3, -0.25) is 4.79 Å². The van der Waals surface area contributed by atoms with Crippen LogP contribution in [0.25, 0.3) is 0 Å². The Balaban J connectivity index is 1.78. The summed E-state index contributed by atoms with van der Waals surface area (Å²) in [5.41, 5.74) is 1.90. The highest BCUT2D eigenvalue weighted by atomic mass is 32.2. The lowest BCUT2D eigenvalue weighted by atomic mass is 10.0. The Labute approximate surface area is 148 Å². The molecule has 1 amide bonds. The Morgan fingerprint density at radius 2 is 1.84 bits per heavy atom. The summed E-state index contributed by atoms with van der Waals surface area (Å²) < 4.78 is 30.5. The molecule has 1 aliphatic heterocycles. The van der Waals surface area contributed by atoms with Crippen molar-refractivity contribution in [2.75, 3.05) is 23.8 Å². The zero-order chi connectivity index (χ0) is 17.9. The number of sulfone groups is 1. The minimum absolute atomic E-state index is 0.134. The number of anilines is 1. The first-order valence-electron chi connectivity index (χ1n) is 8.35. The topological polar surface area (TPSA) is 63.7 Å². The van der Waals surface area contributed by atoms with Gasteiger partial charge in [0.2, 0.25) is 5.91 Å². The summed E-state index contributed by atoms with van der Waals surface area (Å²) in [4.78, 5) is 14.4. The largest absolute Gasteiger partial charge is 0.494 e. The van der Waals surface area contributed by atoms with Crippen LogP contribution >= 0.6 is 0 Å². The van der Waals surface area contributed by atoms with E-state index in [0.29, 0.717) is 18.9 Å². The maximum absolute atomic E-state index is 12.6. The molecule has 0 saturated heterocycles. The number of fused-ring (bicyclic) bond motifs is 1.